The number of nitrogens with one attached hydrogen (secondary N) is 1. The van der Waals surface area contributed by atoms with E-state index in [9.17, 15) is 4.79 Å². The normalized spacial score (nSPS) is 18.5. The number of carbonyl (C=O) groups excluding carboxylic acids is 1. The molecule has 1 saturated carbocycles. The maximum atomic E-state index is 12.5. The van der Waals surface area contributed by atoms with E-state index in [1.54, 1.807) is 7.11 Å². The molecule has 1 aliphatic heterocycles. The van der Waals surface area contributed by atoms with E-state index in [-0.39, 0.29) is 11.3 Å². The minimum Gasteiger partial charge on any atom is -0.497 e. The standard InChI is InChI=1S/C23H29N3O2/c1-28-21-9-7-20(8-10-21)26-15-13-25(14-16-26)17-22(27)24-18-23(11-12-23)19-5-3-2-4-6-19/h2-10H,11-18H2,1H3,(H,24,27). The molecule has 0 aromatic heterocycles. The Morgan fingerprint density at radius 2 is 1.68 bits per heavy atom. The first-order valence-corrected chi connectivity index (χ1v) is 10.1. The largest absolute Gasteiger partial charge is 0.497 e. The Bertz CT molecular complexity index is 779. The fourth-order valence-corrected chi connectivity index (χ4v) is 3.99. The number of amides is 1. The third-order valence-electron chi connectivity index (χ3n) is 6.04. The van der Waals surface area contributed by atoms with E-state index >= 15 is 0 Å². The number of rotatable bonds is 7. The first-order valence-electron chi connectivity index (χ1n) is 10.1. The van der Waals surface area contributed by atoms with E-state index in [1.165, 1.54) is 11.3 Å². The fourth-order valence-electron chi connectivity index (χ4n) is 3.99. The number of carbonyl (C=O) groups is 1. The van der Waals surface area contributed by atoms with Crippen molar-refractivity contribution in [1.82, 2.24) is 10.2 Å². The van der Waals surface area contributed by atoms with Gasteiger partial charge in [-0.25, -0.2) is 0 Å². The molecule has 5 nitrogen and oxygen atoms in total. The number of benzene rings is 2. The first kappa shape index (κ1) is 18.8. The van der Waals surface area contributed by atoms with Gasteiger partial charge in [0.15, 0.2) is 0 Å². The Labute approximate surface area is 167 Å². The minimum atomic E-state index is 0.139. The number of hydrogen-bond acceptors (Lipinski definition) is 4. The highest BCUT2D eigenvalue weighted by atomic mass is 16.5. The second kappa shape index (κ2) is 8.23. The summed E-state index contributed by atoms with van der Waals surface area (Å²) in [5.74, 6) is 1.02. The van der Waals surface area contributed by atoms with Crippen LogP contribution in [0.4, 0.5) is 5.69 Å². The molecule has 2 fully saturated rings. The number of anilines is 1. The molecule has 0 radical (unpaired) electrons. The Hall–Kier alpha value is -2.53. The predicted octanol–water partition coefficient (Wildman–Crippen LogP) is 2.67. The summed E-state index contributed by atoms with van der Waals surface area (Å²) in [4.78, 5) is 17.1. The van der Waals surface area contributed by atoms with Gasteiger partial charge in [0.1, 0.15) is 5.75 Å². The van der Waals surface area contributed by atoms with Crippen LogP contribution >= 0.6 is 0 Å². The molecule has 2 aromatic carbocycles. The van der Waals surface area contributed by atoms with Gasteiger partial charge in [0.25, 0.3) is 0 Å². The minimum absolute atomic E-state index is 0.139. The lowest BCUT2D eigenvalue weighted by Gasteiger charge is -2.35. The predicted molar refractivity (Wildman–Crippen MR) is 112 cm³/mol. The zero-order valence-corrected chi connectivity index (χ0v) is 16.6. The zero-order chi connectivity index (χ0) is 19.4. The van der Waals surface area contributed by atoms with Crippen molar-refractivity contribution in [3.05, 3.63) is 60.2 Å². The molecule has 1 heterocycles. The summed E-state index contributed by atoms with van der Waals surface area (Å²) in [5.41, 5.74) is 2.73. The van der Waals surface area contributed by atoms with Gasteiger partial charge < -0.3 is 15.0 Å². The highest BCUT2D eigenvalue weighted by Gasteiger charge is 2.44. The number of hydrogen-bond donors (Lipinski definition) is 1. The van der Waals surface area contributed by atoms with Crippen molar-refractivity contribution in [2.75, 3.05) is 51.3 Å². The van der Waals surface area contributed by atoms with Gasteiger partial charge in [-0.15, -0.1) is 0 Å². The average molecular weight is 380 g/mol. The molecule has 0 bridgehead atoms. The number of piperazine rings is 1. The van der Waals surface area contributed by atoms with Gasteiger partial charge >= 0.3 is 0 Å². The smallest absolute Gasteiger partial charge is 0.234 e. The van der Waals surface area contributed by atoms with Crippen molar-refractivity contribution < 1.29 is 9.53 Å². The van der Waals surface area contributed by atoms with Crippen LogP contribution in [0.25, 0.3) is 0 Å². The molecule has 1 aliphatic carbocycles. The van der Waals surface area contributed by atoms with Crippen LogP contribution in [0.5, 0.6) is 5.75 Å². The number of nitrogens with zero attached hydrogens (tertiary/aromatic N) is 2. The van der Waals surface area contributed by atoms with Crippen LogP contribution in [0.3, 0.4) is 0 Å². The number of methoxy groups -OCH3 is 1. The summed E-state index contributed by atoms with van der Waals surface area (Å²) < 4.78 is 5.23. The van der Waals surface area contributed by atoms with E-state index in [1.807, 2.05) is 18.2 Å². The van der Waals surface area contributed by atoms with Gasteiger partial charge in [0, 0.05) is 43.8 Å². The molecule has 4 rings (SSSR count). The monoisotopic (exact) mass is 379 g/mol. The third-order valence-corrected chi connectivity index (χ3v) is 6.04. The fraction of sp³-hybridized carbons (Fsp3) is 0.435. The van der Waals surface area contributed by atoms with Crippen LogP contribution in [0.2, 0.25) is 0 Å². The molecule has 0 atom stereocenters. The first-order chi connectivity index (χ1) is 13.7. The van der Waals surface area contributed by atoms with Crippen molar-refractivity contribution in [3.63, 3.8) is 0 Å². The SMILES string of the molecule is COc1ccc(N2CCN(CC(=O)NCC3(c4ccccc4)CC3)CC2)cc1. The average Bonchev–Trinajstić information content (AvgIpc) is 3.55. The maximum Gasteiger partial charge on any atom is 0.234 e. The molecule has 148 valence electrons. The maximum absolute atomic E-state index is 12.5. The Morgan fingerprint density at radius 3 is 2.29 bits per heavy atom. The van der Waals surface area contributed by atoms with Crippen molar-refractivity contribution in [2.24, 2.45) is 0 Å². The van der Waals surface area contributed by atoms with E-state index < -0.39 is 0 Å². The van der Waals surface area contributed by atoms with Crippen LogP contribution in [0.1, 0.15) is 18.4 Å². The second-order valence-corrected chi connectivity index (χ2v) is 7.88. The highest BCUT2D eigenvalue weighted by molar-refractivity contribution is 5.78. The van der Waals surface area contributed by atoms with Crippen LogP contribution in [-0.4, -0.2) is 57.2 Å². The Balaban J connectivity index is 1.22. The van der Waals surface area contributed by atoms with Gasteiger partial charge in [-0.2, -0.15) is 0 Å². The van der Waals surface area contributed by atoms with Gasteiger partial charge in [-0.05, 0) is 42.7 Å². The van der Waals surface area contributed by atoms with Crippen LogP contribution < -0.4 is 15.0 Å². The molecular weight excluding hydrogens is 350 g/mol. The topological polar surface area (TPSA) is 44.8 Å². The molecule has 0 unspecified atom stereocenters. The quantitative estimate of drug-likeness (QED) is 0.803. The van der Waals surface area contributed by atoms with E-state index in [2.05, 4.69) is 51.5 Å². The van der Waals surface area contributed by atoms with E-state index in [0.29, 0.717) is 6.54 Å². The molecule has 0 spiro atoms. The Kier molecular flexibility index (Phi) is 5.53. The van der Waals surface area contributed by atoms with Crippen molar-refractivity contribution in [3.8, 4) is 5.75 Å². The summed E-state index contributed by atoms with van der Waals surface area (Å²) in [6.07, 6.45) is 2.33. The van der Waals surface area contributed by atoms with Crippen LogP contribution in [0, 0.1) is 0 Å². The van der Waals surface area contributed by atoms with E-state index in [4.69, 9.17) is 4.74 Å². The molecule has 5 heteroatoms. The Morgan fingerprint density at radius 1 is 1.00 bits per heavy atom. The van der Waals surface area contributed by atoms with Crippen LogP contribution in [0.15, 0.2) is 54.6 Å². The lowest BCUT2D eigenvalue weighted by molar-refractivity contribution is -0.122. The number of ether oxygens (including phenoxy) is 1. The molecule has 1 amide bonds. The third kappa shape index (κ3) is 4.30. The van der Waals surface area contributed by atoms with E-state index in [0.717, 1.165) is 51.3 Å². The van der Waals surface area contributed by atoms with Crippen molar-refractivity contribution in [2.45, 2.75) is 18.3 Å². The summed E-state index contributed by atoms with van der Waals surface area (Å²) in [6, 6.07) is 18.8. The van der Waals surface area contributed by atoms with Gasteiger partial charge in [0.2, 0.25) is 5.91 Å². The highest BCUT2D eigenvalue weighted by Crippen LogP contribution is 2.47. The summed E-state index contributed by atoms with van der Waals surface area (Å²) in [7, 11) is 1.68. The van der Waals surface area contributed by atoms with Gasteiger partial charge in [-0.1, -0.05) is 30.3 Å². The van der Waals surface area contributed by atoms with Gasteiger partial charge in [0.05, 0.1) is 13.7 Å². The molecular formula is C23H29N3O2. The molecule has 1 saturated heterocycles. The zero-order valence-electron chi connectivity index (χ0n) is 16.6. The lowest BCUT2D eigenvalue weighted by atomic mass is 9.96. The lowest BCUT2D eigenvalue weighted by Crippen LogP contribution is -2.50. The van der Waals surface area contributed by atoms with Gasteiger partial charge in [-0.3, -0.25) is 9.69 Å². The van der Waals surface area contributed by atoms with Crippen LogP contribution in [-0.2, 0) is 10.2 Å². The molecule has 28 heavy (non-hydrogen) atoms. The van der Waals surface area contributed by atoms with Crippen molar-refractivity contribution in [1.29, 1.82) is 0 Å². The second-order valence-electron chi connectivity index (χ2n) is 7.88. The van der Waals surface area contributed by atoms with Crippen molar-refractivity contribution >= 4 is 11.6 Å². The summed E-state index contributed by atoms with van der Waals surface area (Å²) >= 11 is 0. The molecule has 1 N–H and O–H groups in total. The summed E-state index contributed by atoms with van der Waals surface area (Å²) in [5, 5.41) is 3.18. The summed E-state index contributed by atoms with van der Waals surface area (Å²) in [6.45, 7) is 4.93. The molecule has 2 aromatic rings. The molecule has 2 aliphatic rings.